The van der Waals surface area contributed by atoms with E-state index in [0.29, 0.717) is 21.8 Å². The third-order valence-corrected chi connectivity index (χ3v) is 8.20. The number of nitrogens with zero attached hydrogens (tertiary/aromatic N) is 2. The number of ketones is 1. The van der Waals surface area contributed by atoms with Crippen molar-refractivity contribution in [1.29, 1.82) is 0 Å². The monoisotopic (exact) mass is 585 g/mol. The van der Waals surface area contributed by atoms with E-state index in [9.17, 15) is 22.8 Å². The van der Waals surface area contributed by atoms with Gasteiger partial charge in [-0.05, 0) is 30.7 Å². The molecule has 0 aliphatic heterocycles. The highest BCUT2D eigenvalue weighted by molar-refractivity contribution is 9.10. The van der Waals surface area contributed by atoms with Gasteiger partial charge in [0, 0.05) is 33.4 Å². The topological polar surface area (TPSA) is 111 Å². The lowest BCUT2D eigenvalue weighted by Gasteiger charge is -2.13. The summed E-state index contributed by atoms with van der Waals surface area (Å²) in [5.74, 6) is -1.47. The van der Waals surface area contributed by atoms with Gasteiger partial charge < -0.3 is 9.55 Å². The number of nitrogens with one attached hydrogen (secondary N) is 1. The maximum absolute atomic E-state index is 13.6. The Balaban J connectivity index is 1.93. The quantitative estimate of drug-likeness (QED) is 0.302. The molecule has 36 heavy (non-hydrogen) atoms. The third-order valence-electron chi connectivity index (χ3n) is 5.90. The standard InChI is InChI=1S/C25H20BrN3O5S2/c1-14-7-8-20-16(9-14)22(29-24(31)17-11-35-12-19(17)27-25(29)32)23(21(30)13-36(2,33)34)28(20)10-15-5-3-4-6-18(15)26/h3-9,11-12H,10,13H2,1-2H3,(H,27,32). The van der Waals surface area contributed by atoms with Crippen LogP contribution in [0.2, 0.25) is 0 Å². The number of fused-ring (bicyclic) bond motifs is 2. The first kappa shape index (κ1) is 24.4. The number of halogens is 1. The summed E-state index contributed by atoms with van der Waals surface area (Å²) in [4.78, 5) is 43.1. The van der Waals surface area contributed by atoms with Crippen LogP contribution in [-0.2, 0) is 16.4 Å². The molecule has 0 saturated heterocycles. The van der Waals surface area contributed by atoms with Gasteiger partial charge in [-0.3, -0.25) is 9.59 Å². The van der Waals surface area contributed by atoms with Crippen LogP contribution in [0.15, 0.2) is 67.3 Å². The van der Waals surface area contributed by atoms with Crippen molar-refractivity contribution in [2.45, 2.75) is 13.5 Å². The van der Waals surface area contributed by atoms with E-state index < -0.39 is 32.6 Å². The second kappa shape index (κ2) is 8.99. The van der Waals surface area contributed by atoms with Crippen LogP contribution in [0, 0.1) is 6.92 Å². The molecule has 3 aromatic heterocycles. The largest absolute Gasteiger partial charge is 0.333 e. The number of Topliss-reactive ketones (excluding diaryl/α,β-unsaturated/α-hetero) is 1. The summed E-state index contributed by atoms with van der Waals surface area (Å²) in [6.07, 6.45) is 0.978. The van der Waals surface area contributed by atoms with Gasteiger partial charge in [0.25, 0.3) is 5.56 Å². The number of carbonyl (C=O) groups excluding carboxylic acids is 1. The summed E-state index contributed by atoms with van der Waals surface area (Å²) in [5.41, 5.74) is 1.47. The van der Waals surface area contributed by atoms with Gasteiger partial charge >= 0.3 is 5.69 Å². The van der Waals surface area contributed by atoms with Crippen molar-refractivity contribution in [2.24, 2.45) is 0 Å². The first-order chi connectivity index (χ1) is 17.0. The second-order valence-corrected chi connectivity index (χ2v) is 12.4. The van der Waals surface area contributed by atoms with Gasteiger partial charge in [-0.25, -0.2) is 17.8 Å². The Morgan fingerprint density at radius 1 is 1.08 bits per heavy atom. The van der Waals surface area contributed by atoms with Gasteiger partial charge in [-0.15, -0.1) is 11.3 Å². The van der Waals surface area contributed by atoms with Crippen LogP contribution in [0.5, 0.6) is 0 Å². The molecule has 0 aliphatic rings. The average molecular weight is 586 g/mol. The molecule has 3 heterocycles. The zero-order valence-corrected chi connectivity index (χ0v) is 22.5. The summed E-state index contributed by atoms with van der Waals surface area (Å²) < 4.78 is 27.7. The highest BCUT2D eigenvalue weighted by Crippen LogP contribution is 2.32. The van der Waals surface area contributed by atoms with Gasteiger partial charge in [0.1, 0.15) is 11.4 Å². The lowest BCUT2D eigenvalue weighted by atomic mass is 10.1. The zero-order valence-electron chi connectivity index (χ0n) is 19.2. The molecular formula is C25H20BrN3O5S2. The minimum Gasteiger partial charge on any atom is -0.332 e. The number of H-pyrrole nitrogens is 1. The number of hydrogen-bond acceptors (Lipinski definition) is 6. The molecule has 5 rings (SSSR count). The van der Waals surface area contributed by atoms with Gasteiger partial charge in [0.15, 0.2) is 15.6 Å². The lowest BCUT2D eigenvalue weighted by molar-refractivity contribution is 0.101. The van der Waals surface area contributed by atoms with E-state index in [1.165, 1.54) is 11.3 Å². The molecule has 0 atom stereocenters. The van der Waals surface area contributed by atoms with E-state index in [-0.39, 0.29) is 17.9 Å². The molecule has 184 valence electrons. The summed E-state index contributed by atoms with van der Waals surface area (Å²) >= 11 is 4.81. The van der Waals surface area contributed by atoms with Crippen LogP contribution in [0.1, 0.15) is 21.6 Å². The number of aryl methyl sites for hydroxylation is 1. The molecule has 0 saturated carbocycles. The molecule has 0 spiro atoms. The maximum atomic E-state index is 13.6. The van der Waals surface area contributed by atoms with Gasteiger partial charge in [0.05, 0.1) is 22.1 Å². The van der Waals surface area contributed by atoms with E-state index >= 15 is 0 Å². The predicted molar refractivity (Wildman–Crippen MR) is 146 cm³/mol. The molecule has 1 N–H and O–H groups in total. The van der Waals surface area contributed by atoms with Crippen molar-refractivity contribution in [3.63, 3.8) is 0 Å². The Bertz CT molecular complexity index is 1910. The minimum atomic E-state index is -3.70. The number of carbonyl (C=O) groups is 1. The van der Waals surface area contributed by atoms with Crippen LogP contribution in [0.4, 0.5) is 0 Å². The smallest absolute Gasteiger partial charge is 0.332 e. The average Bonchev–Trinajstić information content (AvgIpc) is 3.37. The highest BCUT2D eigenvalue weighted by atomic mass is 79.9. The Kier molecular flexibility index (Phi) is 6.09. The molecule has 2 aromatic carbocycles. The van der Waals surface area contributed by atoms with Crippen molar-refractivity contribution in [2.75, 3.05) is 12.0 Å². The SMILES string of the molecule is Cc1ccc2c(c1)c(-n1c(=O)[nH]c3cscc3c1=O)c(C(=O)CS(C)(=O)=O)n2Cc1ccccc1Br. The van der Waals surface area contributed by atoms with Crippen LogP contribution in [0.3, 0.4) is 0 Å². The first-order valence-corrected chi connectivity index (χ1v) is 14.6. The number of aromatic nitrogens is 3. The number of rotatable bonds is 6. The number of aromatic amines is 1. The molecule has 5 aromatic rings. The number of sulfone groups is 1. The summed E-state index contributed by atoms with van der Waals surface area (Å²) in [5, 5.41) is 4.10. The second-order valence-electron chi connectivity index (χ2n) is 8.66. The molecule has 0 fully saturated rings. The van der Waals surface area contributed by atoms with Crippen LogP contribution >= 0.6 is 27.3 Å². The van der Waals surface area contributed by atoms with Gasteiger partial charge in [-0.1, -0.05) is 45.8 Å². The maximum Gasteiger partial charge on any atom is 0.333 e. The molecule has 0 bridgehead atoms. The first-order valence-electron chi connectivity index (χ1n) is 10.8. The van der Waals surface area contributed by atoms with Crippen molar-refractivity contribution in [3.05, 3.63) is 95.4 Å². The summed E-state index contributed by atoms with van der Waals surface area (Å²) in [6.45, 7) is 2.07. The Morgan fingerprint density at radius 2 is 1.83 bits per heavy atom. The fraction of sp³-hybridized carbons (Fsp3) is 0.160. The van der Waals surface area contributed by atoms with Gasteiger partial charge in [-0.2, -0.15) is 0 Å². The van der Waals surface area contributed by atoms with Crippen LogP contribution in [0.25, 0.3) is 27.5 Å². The molecule has 0 aliphatic carbocycles. The van der Waals surface area contributed by atoms with E-state index in [1.807, 2.05) is 43.3 Å². The molecule has 8 nitrogen and oxygen atoms in total. The molecule has 11 heteroatoms. The van der Waals surface area contributed by atoms with Crippen LogP contribution < -0.4 is 11.2 Å². The lowest BCUT2D eigenvalue weighted by Crippen LogP contribution is -2.34. The van der Waals surface area contributed by atoms with Crippen molar-refractivity contribution in [3.8, 4) is 5.69 Å². The van der Waals surface area contributed by atoms with Crippen molar-refractivity contribution >= 4 is 64.7 Å². The van der Waals surface area contributed by atoms with E-state index in [1.54, 1.807) is 21.4 Å². The minimum absolute atomic E-state index is 0.0149. The number of hydrogen-bond donors (Lipinski definition) is 1. The predicted octanol–water partition coefficient (Wildman–Crippen LogP) is 4.04. The highest BCUT2D eigenvalue weighted by Gasteiger charge is 2.29. The fourth-order valence-corrected chi connectivity index (χ4v) is 6.15. The third kappa shape index (κ3) is 4.27. The molecule has 0 radical (unpaired) electrons. The zero-order chi connectivity index (χ0) is 25.8. The van der Waals surface area contributed by atoms with E-state index in [2.05, 4.69) is 20.9 Å². The van der Waals surface area contributed by atoms with Crippen molar-refractivity contribution in [1.82, 2.24) is 14.1 Å². The Labute approximate surface area is 217 Å². The van der Waals surface area contributed by atoms with Gasteiger partial charge in [0.2, 0.25) is 0 Å². The summed E-state index contributed by atoms with van der Waals surface area (Å²) in [7, 11) is -3.70. The molecular weight excluding hydrogens is 566 g/mol. The van der Waals surface area contributed by atoms with Crippen LogP contribution in [-0.4, -0.2) is 40.3 Å². The molecule has 0 amide bonds. The van der Waals surface area contributed by atoms with E-state index in [0.717, 1.165) is 26.4 Å². The van der Waals surface area contributed by atoms with E-state index in [4.69, 9.17) is 0 Å². The summed E-state index contributed by atoms with van der Waals surface area (Å²) in [6, 6.07) is 12.9. The Morgan fingerprint density at radius 3 is 2.56 bits per heavy atom. The normalized spacial score (nSPS) is 12.0. The fourth-order valence-electron chi connectivity index (χ4n) is 4.37. The number of thiophene rings is 1. The van der Waals surface area contributed by atoms with Crippen molar-refractivity contribution < 1.29 is 13.2 Å². The number of benzene rings is 2. The molecule has 0 unspecified atom stereocenters. The Hall–Kier alpha value is -3.28.